The van der Waals surface area contributed by atoms with E-state index < -0.39 is 6.04 Å². The molecule has 3 nitrogen and oxygen atoms in total. The SMILES string of the molecule is Cl.NC(C(=O)NC1CC1c1ccccc1F)c1cccc(Cl)c1. The number of nitrogens with one attached hydrogen (secondary N) is 1. The van der Waals surface area contributed by atoms with Crippen molar-refractivity contribution in [3.05, 3.63) is 70.5 Å². The van der Waals surface area contributed by atoms with E-state index in [1.165, 1.54) is 6.07 Å². The minimum absolute atomic E-state index is 0. The van der Waals surface area contributed by atoms with Gasteiger partial charge in [0.1, 0.15) is 11.9 Å². The molecule has 23 heavy (non-hydrogen) atoms. The van der Waals surface area contributed by atoms with Crippen molar-refractivity contribution < 1.29 is 9.18 Å². The quantitative estimate of drug-likeness (QED) is 0.881. The maximum Gasteiger partial charge on any atom is 0.241 e. The summed E-state index contributed by atoms with van der Waals surface area (Å²) in [6.07, 6.45) is 0.731. The van der Waals surface area contributed by atoms with E-state index in [0.717, 1.165) is 6.42 Å². The van der Waals surface area contributed by atoms with Crippen LogP contribution in [0, 0.1) is 5.82 Å². The van der Waals surface area contributed by atoms with E-state index in [2.05, 4.69) is 5.32 Å². The lowest BCUT2D eigenvalue weighted by molar-refractivity contribution is -0.122. The Morgan fingerprint density at radius 1 is 1.26 bits per heavy atom. The van der Waals surface area contributed by atoms with Gasteiger partial charge in [-0.15, -0.1) is 12.4 Å². The summed E-state index contributed by atoms with van der Waals surface area (Å²) in [6, 6.07) is 12.7. The molecule has 0 radical (unpaired) electrons. The van der Waals surface area contributed by atoms with Gasteiger partial charge in [0.25, 0.3) is 0 Å². The minimum atomic E-state index is -0.777. The van der Waals surface area contributed by atoms with Crippen LogP contribution >= 0.6 is 24.0 Å². The molecule has 1 fully saturated rings. The highest BCUT2D eigenvalue weighted by atomic mass is 35.5. The van der Waals surface area contributed by atoms with Crippen LogP contribution in [0.2, 0.25) is 5.02 Å². The number of nitrogens with two attached hydrogens (primary N) is 1. The van der Waals surface area contributed by atoms with Gasteiger partial charge < -0.3 is 11.1 Å². The Morgan fingerprint density at radius 3 is 2.70 bits per heavy atom. The van der Waals surface area contributed by atoms with Crippen LogP contribution in [0.3, 0.4) is 0 Å². The Balaban J connectivity index is 0.00000192. The number of rotatable bonds is 4. The fraction of sp³-hybridized carbons (Fsp3) is 0.235. The van der Waals surface area contributed by atoms with Crippen molar-refractivity contribution in [1.29, 1.82) is 0 Å². The van der Waals surface area contributed by atoms with Crippen LogP contribution < -0.4 is 11.1 Å². The molecule has 2 aromatic rings. The fourth-order valence-corrected chi connectivity index (χ4v) is 2.80. The normalized spacial score (nSPS) is 20.3. The number of halogens is 3. The molecule has 0 aliphatic heterocycles. The zero-order chi connectivity index (χ0) is 15.7. The van der Waals surface area contributed by atoms with Crippen molar-refractivity contribution in [1.82, 2.24) is 5.32 Å². The zero-order valence-electron chi connectivity index (χ0n) is 12.2. The molecule has 2 aromatic carbocycles. The first-order valence-electron chi connectivity index (χ1n) is 7.12. The topological polar surface area (TPSA) is 55.1 Å². The predicted octanol–water partition coefficient (Wildman–Crippen LogP) is 3.57. The molecule has 1 aliphatic rings. The van der Waals surface area contributed by atoms with E-state index in [9.17, 15) is 9.18 Å². The average molecular weight is 355 g/mol. The molecule has 0 spiro atoms. The Morgan fingerprint density at radius 2 is 2.00 bits per heavy atom. The number of hydrogen-bond acceptors (Lipinski definition) is 2. The van der Waals surface area contributed by atoms with E-state index in [1.807, 2.05) is 0 Å². The van der Waals surface area contributed by atoms with Gasteiger partial charge in [-0.05, 0) is 35.7 Å². The molecule has 1 amide bonds. The molecule has 0 aromatic heterocycles. The second kappa shape index (κ2) is 7.30. The van der Waals surface area contributed by atoms with Gasteiger partial charge in [-0.3, -0.25) is 4.79 Å². The molecular formula is C17H17Cl2FN2O. The Hall–Kier alpha value is -1.62. The summed E-state index contributed by atoms with van der Waals surface area (Å²) in [7, 11) is 0. The molecule has 3 rings (SSSR count). The van der Waals surface area contributed by atoms with Crippen LogP contribution in [0.15, 0.2) is 48.5 Å². The average Bonchev–Trinajstić information content (AvgIpc) is 3.25. The Bertz CT molecular complexity index is 710. The maximum absolute atomic E-state index is 13.7. The van der Waals surface area contributed by atoms with Gasteiger partial charge in [-0.1, -0.05) is 41.9 Å². The van der Waals surface area contributed by atoms with Gasteiger partial charge in [0.2, 0.25) is 5.91 Å². The number of amides is 1. The number of carbonyl (C=O) groups excluding carboxylic acids is 1. The minimum Gasteiger partial charge on any atom is -0.351 e. The highest BCUT2D eigenvalue weighted by molar-refractivity contribution is 6.30. The molecule has 3 unspecified atom stereocenters. The molecular weight excluding hydrogens is 338 g/mol. The van der Waals surface area contributed by atoms with E-state index >= 15 is 0 Å². The summed E-state index contributed by atoms with van der Waals surface area (Å²) in [5, 5.41) is 3.41. The first-order chi connectivity index (χ1) is 10.6. The highest BCUT2D eigenvalue weighted by Gasteiger charge is 2.41. The summed E-state index contributed by atoms with van der Waals surface area (Å²) in [4.78, 5) is 12.2. The Labute approximate surface area is 145 Å². The third-order valence-electron chi connectivity index (χ3n) is 3.91. The lowest BCUT2D eigenvalue weighted by Gasteiger charge is -2.13. The van der Waals surface area contributed by atoms with Crippen molar-refractivity contribution in [2.75, 3.05) is 0 Å². The van der Waals surface area contributed by atoms with Crippen LogP contribution in [-0.2, 0) is 4.79 Å². The largest absolute Gasteiger partial charge is 0.351 e. The summed E-state index contributed by atoms with van der Waals surface area (Å²) in [5.74, 6) is -0.480. The molecule has 1 saturated carbocycles. The van der Waals surface area contributed by atoms with Crippen LogP contribution in [0.4, 0.5) is 4.39 Å². The van der Waals surface area contributed by atoms with E-state index in [1.54, 1.807) is 42.5 Å². The van der Waals surface area contributed by atoms with Gasteiger partial charge in [-0.2, -0.15) is 0 Å². The smallest absolute Gasteiger partial charge is 0.241 e. The lowest BCUT2D eigenvalue weighted by Crippen LogP contribution is -2.36. The number of carbonyl (C=O) groups is 1. The monoisotopic (exact) mass is 354 g/mol. The fourth-order valence-electron chi connectivity index (χ4n) is 2.60. The van der Waals surface area contributed by atoms with Crippen LogP contribution in [0.1, 0.15) is 29.5 Å². The molecule has 0 heterocycles. The first-order valence-corrected chi connectivity index (χ1v) is 7.50. The zero-order valence-corrected chi connectivity index (χ0v) is 13.8. The standard InChI is InChI=1S/C17H16ClFN2O.ClH/c18-11-5-3-4-10(8-11)16(20)17(22)21-15-9-13(15)12-6-1-2-7-14(12)19;/h1-8,13,15-16H,9,20H2,(H,21,22);1H. The van der Waals surface area contributed by atoms with Crippen molar-refractivity contribution in [2.24, 2.45) is 5.73 Å². The third kappa shape index (κ3) is 4.02. The van der Waals surface area contributed by atoms with Gasteiger partial charge in [0.05, 0.1) is 0 Å². The van der Waals surface area contributed by atoms with E-state index in [4.69, 9.17) is 17.3 Å². The molecule has 122 valence electrons. The van der Waals surface area contributed by atoms with Crippen molar-refractivity contribution in [3.63, 3.8) is 0 Å². The molecule has 6 heteroatoms. The lowest BCUT2D eigenvalue weighted by atomic mass is 10.1. The molecule has 1 aliphatic carbocycles. The first kappa shape index (κ1) is 17.7. The predicted molar refractivity (Wildman–Crippen MR) is 91.3 cm³/mol. The molecule has 0 bridgehead atoms. The number of benzene rings is 2. The molecule has 0 saturated heterocycles. The second-order valence-electron chi connectivity index (χ2n) is 5.51. The molecule has 3 atom stereocenters. The van der Waals surface area contributed by atoms with Crippen LogP contribution in [0.5, 0.6) is 0 Å². The van der Waals surface area contributed by atoms with Gasteiger partial charge in [-0.25, -0.2) is 4.39 Å². The molecule has 3 N–H and O–H groups in total. The highest BCUT2D eigenvalue weighted by Crippen LogP contribution is 2.42. The summed E-state index contributed by atoms with van der Waals surface area (Å²) in [5.41, 5.74) is 7.26. The van der Waals surface area contributed by atoms with E-state index in [-0.39, 0.29) is 36.1 Å². The summed E-state index contributed by atoms with van der Waals surface area (Å²) in [6.45, 7) is 0. The Kier molecular flexibility index (Phi) is 5.63. The summed E-state index contributed by atoms with van der Waals surface area (Å²) >= 11 is 5.90. The van der Waals surface area contributed by atoms with Crippen molar-refractivity contribution >= 4 is 29.9 Å². The van der Waals surface area contributed by atoms with Crippen molar-refractivity contribution in [2.45, 2.75) is 24.4 Å². The van der Waals surface area contributed by atoms with Crippen molar-refractivity contribution in [3.8, 4) is 0 Å². The van der Waals surface area contributed by atoms with Crippen LogP contribution in [-0.4, -0.2) is 11.9 Å². The van der Waals surface area contributed by atoms with Gasteiger partial charge in [0, 0.05) is 17.0 Å². The second-order valence-corrected chi connectivity index (χ2v) is 5.95. The summed E-state index contributed by atoms with van der Waals surface area (Å²) < 4.78 is 13.7. The number of hydrogen-bond donors (Lipinski definition) is 2. The van der Waals surface area contributed by atoms with Gasteiger partial charge in [0.15, 0.2) is 0 Å². The van der Waals surface area contributed by atoms with Crippen LogP contribution in [0.25, 0.3) is 0 Å². The van der Waals surface area contributed by atoms with E-state index in [0.29, 0.717) is 16.1 Å². The van der Waals surface area contributed by atoms with Gasteiger partial charge >= 0.3 is 0 Å². The maximum atomic E-state index is 13.7. The third-order valence-corrected chi connectivity index (χ3v) is 4.15.